The number of aryl methyl sites for hydroxylation is 1. The number of hydrogen-bond donors (Lipinski definition) is 2. The first-order valence-corrected chi connectivity index (χ1v) is 7.58. The van der Waals surface area contributed by atoms with Crippen molar-refractivity contribution in [1.82, 2.24) is 0 Å². The van der Waals surface area contributed by atoms with E-state index in [0.717, 1.165) is 15.4 Å². The van der Waals surface area contributed by atoms with Crippen molar-refractivity contribution in [1.29, 1.82) is 0 Å². The quantitative estimate of drug-likeness (QED) is 0.859. The Balaban J connectivity index is 2.01. The van der Waals surface area contributed by atoms with Crippen molar-refractivity contribution in [3.8, 4) is 0 Å². The molecule has 1 aromatic carbocycles. The van der Waals surface area contributed by atoms with E-state index >= 15 is 0 Å². The van der Waals surface area contributed by atoms with E-state index in [9.17, 15) is 4.79 Å². The topological polar surface area (TPSA) is 52.6 Å². The summed E-state index contributed by atoms with van der Waals surface area (Å²) in [6, 6.07) is 10.2. The van der Waals surface area contributed by atoms with E-state index in [1.54, 1.807) is 11.3 Å². The second kappa shape index (κ2) is 6.63. The molecule has 0 atom stereocenters. The summed E-state index contributed by atoms with van der Waals surface area (Å²) >= 11 is 1.54. The summed E-state index contributed by atoms with van der Waals surface area (Å²) in [5, 5.41) is 12.2. The van der Waals surface area contributed by atoms with Crippen LogP contribution in [-0.2, 0) is 17.8 Å². The lowest BCUT2D eigenvalue weighted by Gasteiger charge is -2.17. The molecule has 0 saturated carbocycles. The maximum absolute atomic E-state index is 10.7. The molecule has 0 aliphatic heterocycles. The van der Waals surface area contributed by atoms with Gasteiger partial charge in [-0.05, 0) is 36.8 Å². The van der Waals surface area contributed by atoms with Gasteiger partial charge in [0.15, 0.2) is 0 Å². The third-order valence-corrected chi connectivity index (χ3v) is 4.29. The van der Waals surface area contributed by atoms with Crippen molar-refractivity contribution in [3.63, 3.8) is 0 Å². The van der Waals surface area contributed by atoms with Gasteiger partial charge >= 0.3 is 5.97 Å². The van der Waals surface area contributed by atoms with Crippen LogP contribution in [0.4, 0.5) is 11.4 Å². The first kappa shape index (κ1) is 15.4. The number of thiophene rings is 1. The maximum Gasteiger partial charge on any atom is 0.308 e. The van der Waals surface area contributed by atoms with Gasteiger partial charge in [-0.3, -0.25) is 4.79 Å². The number of nitrogens with zero attached hydrogens (tertiary/aromatic N) is 1. The highest BCUT2D eigenvalue weighted by Crippen LogP contribution is 2.24. The van der Waals surface area contributed by atoms with Crippen LogP contribution in [0.25, 0.3) is 0 Å². The van der Waals surface area contributed by atoms with E-state index in [0.29, 0.717) is 6.54 Å². The molecule has 1 aromatic heterocycles. The van der Waals surface area contributed by atoms with E-state index in [1.807, 2.05) is 26.2 Å². The monoisotopic (exact) mass is 304 g/mol. The minimum atomic E-state index is -0.787. The first-order valence-electron chi connectivity index (χ1n) is 6.77. The lowest BCUT2D eigenvalue weighted by atomic mass is 10.1. The molecule has 4 nitrogen and oxygen atoms in total. The minimum absolute atomic E-state index is 0.0972. The highest BCUT2D eigenvalue weighted by Gasteiger charge is 2.06. The fraction of sp³-hybridized carbons (Fsp3) is 0.312. The number of rotatable bonds is 6. The van der Waals surface area contributed by atoms with Gasteiger partial charge in [0, 0.05) is 41.8 Å². The smallest absolute Gasteiger partial charge is 0.308 e. The third kappa shape index (κ3) is 4.23. The van der Waals surface area contributed by atoms with Gasteiger partial charge in [0.1, 0.15) is 0 Å². The summed E-state index contributed by atoms with van der Waals surface area (Å²) in [6.45, 7) is 2.80. The van der Waals surface area contributed by atoms with Crippen LogP contribution in [0.1, 0.15) is 15.3 Å². The number of carbonyl (C=O) groups is 1. The third-order valence-electron chi connectivity index (χ3n) is 3.20. The van der Waals surface area contributed by atoms with Gasteiger partial charge in [-0.2, -0.15) is 0 Å². The Morgan fingerprint density at radius 3 is 2.62 bits per heavy atom. The molecule has 2 aromatic rings. The van der Waals surface area contributed by atoms with Crippen LogP contribution in [0.5, 0.6) is 0 Å². The highest BCUT2D eigenvalue weighted by atomic mass is 32.1. The molecular formula is C16H20N2O2S. The molecule has 0 radical (unpaired) electrons. The zero-order chi connectivity index (χ0) is 15.4. The number of carboxylic acid groups (broad SMARTS) is 1. The largest absolute Gasteiger partial charge is 0.481 e. The van der Waals surface area contributed by atoms with E-state index in [1.165, 1.54) is 11.3 Å². The summed E-state index contributed by atoms with van der Waals surface area (Å²) in [6.07, 6.45) is 0.0972. The normalized spacial score (nSPS) is 10.4. The second-order valence-electron chi connectivity index (χ2n) is 5.19. The standard InChI is InChI=1S/C16H20N2O2S/c1-11-4-5-12(8-15(11)18(2)3)17-10-14-7-6-13(21-14)9-16(19)20/h4-8,17H,9-10H2,1-3H3,(H,19,20). The van der Waals surface area contributed by atoms with Crippen LogP contribution < -0.4 is 10.2 Å². The van der Waals surface area contributed by atoms with Crippen LogP contribution in [-0.4, -0.2) is 25.2 Å². The molecule has 112 valence electrons. The SMILES string of the molecule is Cc1ccc(NCc2ccc(CC(=O)O)s2)cc1N(C)C. The molecule has 5 heteroatoms. The molecule has 0 spiro atoms. The minimum Gasteiger partial charge on any atom is -0.481 e. The highest BCUT2D eigenvalue weighted by molar-refractivity contribution is 7.12. The Kier molecular flexibility index (Phi) is 4.85. The van der Waals surface area contributed by atoms with Gasteiger partial charge in [0.25, 0.3) is 0 Å². The summed E-state index contributed by atoms with van der Waals surface area (Å²) < 4.78 is 0. The zero-order valence-electron chi connectivity index (χ0n) is 12.5. The number of aliphatic carboxylic acids is 1. The molecule has 0 aliphatic carbocycles. The van der Waals surface area contributed by atoms with Gasteiger partial charge in [-0.15, -0.1) is 11.3 Å². The number of nitrogens with one attached hydrogen (secondary N) is 1. The van der Waals surface area contributed by atoms with Gasteiger partial charge in [-0.1, -0.05) is 6.07 Å². The van der Waals surface area contributed by atoms with Gasteiger partial charge in [0.05, 0.1) is 6.42 Å². The Morgan fingerprint density at radius 2 is 1.95 bits per heavy atom. The zero-order valence-corrected chi connectivity index (χ0v) is 13.3. The van der Waals surface area contributed by atoms with Crippen molar-refractivity contribution in [2.24, 2.45) is 0 Å². The van der Waals surface area contributed by atoms with Crippen molar-refractivity contribution >= 4 is 28.7 Å². The average molecular weight is 304 g/mol. The molecular weight excluding hydrogens is 284 g/mol. The second-order valence-corrected chi connectivity index (χ2v) is 6.44. The molecule has 0 saturated heterocycles. The van der Waals surface area contributed by atoms with Gasteiger partial charge in [-0.25, -0.2) is 0 Å². The van der Waals surface area contributed by atoms with E-state index in [-0.39, 0.29) is 6.42 Å². The molecule has 0 bridgehead atoms. The summed E-state index contributed by atoms with van der Waals surface area (Å²) in [5.74, 6) is -0.787. The summed E-state index contributed by atoms with van der Waals surface area (Å²) in [5.41, 5.74) is 3.50. The Labute approximate surface area is 129 Å². The van der Waals surface area contributed by atoms with Crippen LogP contribution >= 0.6 is 11.3 Å². The molecule has 2 N–H and O–H groups in total. The van der Waals surface area contributed by atoms with E-state index in [4.69, 9.17) is 5.11 Å². The first-order chi connectivity index (χ1) is 9.95. The predicted molar refractivity (Wildman–Crippen MR) is 88.5 cm³/mol. The van der Waals surface area contributed by atoms with E-state index < -0.39 is 5.97 Å². The Morgan fingerprint density at radius 1 is 1.24 bits per heavy atom. The fourth-order valence-corrected chi connectivity index (χ4v) is 3.10. The maximum atomic E-state index is 10.7. The number of hydrogen-bond acceptors (Lipinski definition) is 4. The van der Waals surface area contributed by atoms with Crippen LogP contribution in [0.15, 0.2) is 30.3 Å². The fourth-order valence-electron chi connectivity index (χ4n) is 2.15. The average Bonchev–Trinajstić information content (AvgIpc) is 2.84. The summed E-state index contributed by atoms with van der Waals surface area (Å²) in [7, 11) is 4.06. The molecule has 21 heavy (non-hydrogen) atoms. The van der Waals surface area contributed by atoms with Crippen LogP contribution in [0.3, 0.4) is 0 Å². The molecule has 0 aliphatic rings. The Bertz CT molecular complexity index is 635. The predicted octanol–water partition coefficient (Wildman–Crippen LogP) is 3.36. The Hall–Kier alpha value is -2.01. The van der Waals surface area contributed by atoms with Crippen molar-refractivity contribution in [2.75, 3.05) is 24.3 Å². The number of benzene rings is 1. The molecule has 0 unspecified atom stereocenters. The molecule has 2 rings (SSSR count). The molecule has 1 heterocycles. The van der Waals surface area contributed by atoms with Crippen molar-refractivity contribution in [3.05, 3.63) is 45.6 Å². The van der Waals surface area contributed by atoms with E-state index in [2.05, 4.69) is 35.3 Å². The summed E-state index contributed by atoms with van der Waals surface area (Å²) in [4.78, 5) is 14.8. The lowest BCUT2D eigenvalue weighted by molar-refractivity contribution is -0.136. The van der Waals surface area contributed by atoms with Crippen molar-refractivity contribution in [2.45, 2.75) is 19.9 Å². The van der Waals surface area contributed by atoms with Crippen LogP contribution in [0, 0.1) is 6.92 Å². The lowest BCUT2D eigenvalue weighted by Crippen LogP contribution is -2.10. The number of carboxylic acids is 1. The molecule has 0 fully saturated rings. The number of anilines is 2. The van der Waals surface area contributed by atoms with Crippen molar-refractivity contribution < 1.29 is 9.90 Å². The van der Waals surface area contributed by atoms with Gasteiger partial charge < -0.3 is 15.3 Å². The molecule has 0 amide bonds. The van der Waals surface area contributed by atoms with Crippen LogP contribution in [0.2, 0.25) is 0 Å². The van der Waals surface area contributed by atoms with Gasteiger partial charge in [0.2, 0.25) is 0 Å².